The number of aryl methyl sites for hydroxylation is 1. The van der Waals surface area contributed by atoms with Gasteiger partial charge in [-0.25, -0.2) is 9.37 Å². The van der Waals surface area contributed by atoms with Crippen molar-refractivity contribution in [1.29, 1.82) is 0 Å². The number of hydrogen-bond acceptors (Lipinski definition) is 2. The molecule has 1 heterocycles. The molecule has 0 saturated heterocycles. The smallest absolute Gasteiger partial charge is 0.129 e. The normalized spacial score (nSPS) is 10.4. The molecule has 2 rings (SSSR count). The van der Waals surface area contributed by atoms with Crippen LogP contribution in [0.4, 0.5) is 10.2 Å². The summed E-state index contributed by atoms with van der Waals surface area (Å²) < 4.78 is 14.4. The highest BCUT2D eigenvalue weighted by molar-refractivity contribution is 9.10. The second-order valence-corrected chi connectivity index (χ2v) is 5.26. The van der Waals surface area contributed by atoms with Gasteiger partial charge in [0.1, 0.15) is 11.6 Å². The average molecular weight is 330 g/mol. The second kappa shape index (κ2) is 5.67. The Morgan fingerprint density at radius 2 is 2.17 bits per heavy atom. The number of aromatic nitrogens is 1. The zero-order valence-corrected chi connectivity index (χ0v) is 12.0. The lowest BCUT2D eigenvalue weighted by Gasteiger charge is -2.09. The average Bonchev–Trinajstić information content (AvgIpc) is 2.32. The van der Waals surface area contributed by atoms with Crippen molar-refractivity contribution in [1.82, 2.24) is 4.98 Å². The molecule has 0 fully saturated rings. The van der Waals surface area contributed by atoms with E-state index in [0.717, 1.165) is 15.9 Å². The van der Waals surface area contributed by atoms with Gasteiger partial charge in [-0.1, -0.05) is 11.6 Å². The van der Waals surface area contributed by atoms with Gasteiger partial charge in [0, 0.05) is 27.8 Å². The third kappa shape index (κ3) is 3.21. The Morgan fingerprint density at radius 1 is 1.39 bits per heavy atom. The van der Waals surface area contributed by atoms with Crippen LogP contribution in [-0.4, -0.2) is 4.98 Å². The van der Waals surface area contributed by atoms with Gasteiger partial charge >= 0.3 is 0 Å². The molecule has 18 heavy (non-hydrogen) atoms. The Bertz CT molecular complexity index is 575. The molecular weight excluding hydrogens is 319 g/mol. The molecule has 0 saturated carbocycles. The Labute approximate surface area is 118 Å². The highest BCUT2D eigenvalue weighted by Gasteiger charge is 2.05. The van der Waals surface area contributed by atoms with Crippen LogP contribution in [0.25, 0.3) is 0 Å². The first-order chi connectivity index (χ1) is 8.56. The zero-order valence-electron chi connectivity index (χ0n) is 9.67. The van der Waals surface area contributed by atoms with Crippen molar-refractivity contribution in [2.24, 2.45) is 0 Å². The number of pyridine rings is 1. The molecule has 0 bridgehead atoms. The molecule has 0 aliphatic carbocycles. The molecule has 0 spiro atoms. The lowest BCUT2D eigenvalue weighted by atomic mass is 10.2. The highest BCUT2D eigenvalue weighted by atomic mass is 79.9. The first-order valence-electron chi connectivity index (χ1n) is 5.36. The van der Waals surface area contributed by atoms with Crippen LogP contribution in [0.1, 0.15) is 11.1 Å². The Balaban J connectivity index is 2.13. The molecule has 0 radical (unpaired) electrons. The number of hydrogen-bond donors (Lipinski definition) is 1. The topological polar surface area (TPSA) is 24.9 Å². The molecule has 1 aromatic heterocycles. The van der Waals surface area contributed by atoms with Gasteiger partial charge < -0.3 is 5.32 Å². The Morgan fingerprint density at radius 3 is 2.89 bits per heavy atom. The van der Waals surface area contributed by atoms with E-state index in [-0.39, 0.29) is 5.82 Å². The lowest BCUT2D eigenvalue weighted by molar-refractivity contribution is 0.613. The molecule has 1 aromatic carbocycles. The quantitative estimate of drug-likeness (QED) is 0.893. The van der Waals surface area contributed by atoms with Crippen molar-refractivity contribution in [3.63, 3.8) is 0 Å². The summed E-state index contributed by atoms with van der Waals surface area (Å²) in [5.41, 5.74) is 1.51. The van der Waals surface area contributed by atoms with Crippen molar-refractivity contribution in [2.75, 3.05) is 5.32 Å². The predicted molar refractivity (Wildman–Crippen MR) is 75.4 cm³/mol. The maximum atomic E-state index is 13.5. The van der Waals surface area contributed by atoms with Gasteiger partial charge in [-0.15, -0.1) is 0 Å². The summed E-state index contributed by atoms with van der Waals surface area (Å²) in [4.78, 5) is 4.23. The van der Waals surface area contributed by atoms with E-state index < -0.39 is 0 Å². The van der Waals surface area contributed by atoms with E-state index in [0.29, 0.717) is 17.1 Å². The predicted octanol–water partition coefficient (Wildman–Crippen LogP) is 4.56. The van der Waals surface area contributed by atoms with Gasteiger partial charge in [0.05, 0.1) is 0 Å². The number of benzene rings is 1. The molecule has 94 valence electrons. The van der Waals surface area contributed by atoms with E-state index in [1.54, 1.807) is 12.3 Å². The number of nitrogens with one attached hydrogen (secondary N) is 1. The molecule has 0 atom stereocenters. The van der Waals surface area contributed by atoms with E-state index in [9.17, 15) is 4.39 Å². The maximum Gasteiger partial charge on any atom is 0.129 e. The number of halogens is 3. The molecular formula is C13H11BrClFN2. The van der Waals surface area contributed by atoms with Gasteiger partial charge in [-0.05, 0) is 52.7 Å². The van der Waals surface area contributed by atoms with Crippen molar-refractivity contribution in [3.8, 4) is 0 Å². The molecule has 5 heteroatoms. The number of nitrogens with zero attached hydrogens (tertiary/aromatic N) is 1. The summed E-state index contributed by atoms with van der Waals surface area (Å²) in [7, 11) is 0. The van der Waals surface area contributed by atoms with Crippen molar-refractivity contribution >= 4 is 33.3 Å². The molecule has 0 aliphatic rings. The third-order valence-corrected chi connectivity index (χ3v) is 3.17. The summed E-state index contributed by atoms with van der Waals surface area (Å²) in [5.74, 6) is 0.458. The third-order valence-electron chi connectivity index (χ3n) is 2.50. The fraction of sp³-hybridized carbons (Fsp3) is 0.154. The fourth-order valence-electron chi connectivity index (χ4n) is 1.58. The minimum Gasteiger partial charge on any atom is -0.366 e. The van der Waals surface area contributed by atoms with Crippen LogP contribution in [0.2, 0.25) is 5.02 Å². The van der Waals surface area contributed by atoms with Crippen LogP contribution in [0.15, 0.2) is 34.9 Å². The summed E-state index contributed by atoms with van der Waals surface area (Å²) in [5, 5.41) is 3.62. The van der Waals surface area contributed by atoms with Crippen LogP contribution in [-0.2, 0) is 6.54 Å². The van der Waals surface area contributed by atoms with Crippen LogP contribution in [0.5, 0.6) is 0 Å². The Hall–Kier alpha value is -1.13. The van der Waals surface area contributed by atoms with Crippen LogP contribution >= 0.6 is 27.5 Å². The SMILES string of the molecule is Cc1cc(Br)cnc1NCc1cc(Cl)ccc1F. The van der Waals surface area contributed by atoms with Crippen LogP contribution in [0, 0.1) is 12.7 Å². The van der Waals surface area contributed by atoms with E-state index >= 15 is 0 Å². The molecule has 2 nitrogen and oxygen atoms in total. The minimum absolute atomic E-state index is 0.276. The summed E-state index contributed by atoms with van der Waals surface area (Å²) in [6, 6.07) is 6.45. The zero-order chi connectivity index (χ0) is 13.1. The number of anilines is 1. The summed E-state index contributed by atoms with van der Waals surface area (Å²) in [6.45, 7) is 2.29. The maximum absolute atomic E-state index is 13.5. The standard InChI is InChI=1S/C13H11BrClFN2/c1-8-4-10(14)7-18-13(8)17-6-9-5-11(15)2-3-12(9)16/h2-5,7H,6H2,1H3,(H,17,18). The van der Waals surface area contributed by atoms with Gasteiger partial charge in [0.15, 0.2) is 0 Å². The Kier molecular flexibility index (Phi) is 4.19. The van der Waals surface area contributed by atoms with E-state index in [1.165, 1.54) is 12.1 Å². The number of rotatable bonds is 3. The monoisotopic (exact) mass is 328 g/mol. The van der Waals surface area contributed by atoms with E-state index in [4.69, 9.17) is 11.6 Å². The lowest BCUT2D eigenvalue weighted by Crippen LogP contribution is -2.04. The molecule has 0 unspecified atom stereocenters. The van der Waals surface area contributed by atoms with Crippen molar-refractivity contribution in [2.45, 2.75) is 13.5 Å². The van der Waals surface area contributed by atoms with Gasteiger partial charge in [0.25, 0.3) is 0 Å². The molecule has 0 amide bonds. The first-order valence-corrected chi connectivity index (χ1v) is 6.53. The highest BCUT2D eigenvalue weighted by Crippen LogP contribution is 2.19. The van der Waals surface area contributed by atoms with Gasteiger partial charge in [0.2, 0.25) is 0 Å². The molecule has 0 aliphatic heterocycles. The van der Waals surface area contributed by atoms with Gasteiger partial charge in [-0.2, -0.15) is 0 Å². The molecule has 2 aromatic rings. The van der Waals surface area contributed by atoms with Gasteiger partial charge in [-0.3, -0.25) is 0 Å². The fourth-order valence-corrected chi connectivity index (χ4v) is 2.22. The summed E-state index contributed by atoms with van der Waals surface area (Å²) >= 11 is 9.18. The molecule has 1 N–H and O–H groups in total. The van der Waals surface area contributed by atoms with Crippen LogP contribution in [0.3, 0.4) is 0 Å². The van der Waals surface area contributed by atoms with E-state index in [2.05, 4.69) is 26.2 Å². The second-order valence-electron chi connectivity index (χ2n) is 3.91. The minimum atomic E-state index is -0.276. The van der Waals surface area contributed by atoms with Crippen LogP contribution < -0.4 is 5.32 Å². The van der Waals surface area contributed by atoms with E-state index in [1.807, 2.05) is 13.0 Å². The summed E-state index contributed by atoms with van der Waals surface area (Å²) in [6.07, 6.45) is 1.70. The first kappa shape index (κ1) is 13.3. The van der Waals surface area contributed by atoms with Crippen molar-refractivity contribution < 1.29 is 4.39 Å². The largest absolute Gasteiger partial charge is 0.366 e. The van der Waals surface area contributed by atoms with Crippen molar-refractivity contribution in [3.05, 3.63) is 56.9 Å².